The van der Waals surface area contributed by atoms with Gasteiger partial charge in [-0.2, -0.15) is 0 Å². The average molecular weight is 434 g/mol. The van der Waals surface area contributed by atoms with Gasteiger partial charge >= 0.3 is 0 Å². The molecule has 1 aliphatic heterocycles. The summed E-state index contributed by atoms with van der Waals surface area (Å²) in [6.07, 6.45) is 3.86. The van der Waals surface area contributed by atoms with E-state index in [4.69, 9.17) is 11.6 Å². The summed E-state index contributed by atoms with van der Waals surface area (Å²) in [7, 11) is 0. The lowest BCUT2D eigenvalue weighted by Gasteiger charge is -2.36. The Morgan fingerprint density at radius 1 is 1.17 bits per heavy atom. The summed E-state index contributed by atoms with van der Waals surface area (Å²) in [5.74, 6) is 1.12. The van der Waals surface area contributed by atoms with Gasteiger partial charge in [0.05, 0.1) is 6.42 Å². The lowest BCUT2D eigenvalue weighted by molar-refractivity contribution is -0.131. The molecule has 8 heteroatoms. The van der Waals surface area contributed by atoms with Crippen LogP contribution in [0.3, 0.4) is 0 Å². The van der Waals surface area contributed by atoms with Crippen LogP contribution in [0, 0.1) is 0 Å². The van der Waals surface area contributed by atoms with Crippen LogP contribution in [0.4, 0.5) is 0 Å². The number of amides is 2. The van der Waals surface area contributed by atoms with E-state index >= 15 is 0 Å². The Kier molecular flexibility index (Phi) is 8.37. The van der Waals surface area contributed by atoms with E-state index in [1.165, 1.54) is 0 Å². The molecule has 1 saturated carbocycles. The van der Waals surface area contributed by atoms with Gasteiger partial charge < -0.3 is 20.4 Å². The van der Waals surface area contributed by atoms with Crippen LogP contribution in [0.2, 0.25) is 5.02 Å². The van der Waals surface area contributed by atoms with E-state index in [0.717, 1.165) is 50.4 Å². The molecule has 164 valence electrons. The highest BCUT2D eigenvalue weighted by Crippen LogP contribution is 2.18. The Bertz CT molecular complexity index is 758. The molecular weight excluding hydrogens is 402 g/mol. The molecule has 3 rings (SSSR count). The summed E-state index contributed by atoms with van der Waals surface area (Å²) in [5, 5.41) is 6.99. The standard InChI is InChI=1S/C22H32ClN5O2/c1-2-24-22(25-10-4-7-20(29)26-19-8-9-19)28-13-11-27(12-14-28)21(30)16-17-5-3-6-18(23)15-17/h3,5-6,15,19H,2,4,7-14,16H2,1H3,(H,24,25)(H,26,29). The number of benzene rings is 1. The zero-order chi connectivity index (χ0) is 21.3. The molecule has 2 amide bonds. The fraction of sp³-hybridized carbons (Fsp3) is 0.591. The number of nitrogens with one attached hydrogen (secondary N) is 2. The van der Waals surface area contributed by atoms with Crippen LogP contribution in [0.1, 0.15) is 38.2 Å². The lowest BCUT2D eigenvalue weighted by Crippen LogP contribution is -2.54. The number of aliphatic imine (C=N–C) groups is 1. The molecule has 0 unspecified atom stereocenters. The van der Waals surface area contributed by atoms with E-state index in [9.17, 15) is 9.59 Å². The molecule has 30 heavy (non-hydrogen) atoms. The molecule has 1 heterocycles. The Morgan fingerprint density at radius 2 is 1.90 bits per heavy atom. The molecular formula is C22H32ClN5O2. The molecule has 0 aromatic heterocycles. The molecule has 2 N–H and O–H groups in total. The average Bonchev–Trinajstić information content (AvgIpc) is 3.54. The first kappa shape index (κ1) is 22.4. The quantitative estimate of drug-likeness (QED) is 0.373. The van der Waals surface area contributed by atoms with Gasteiger partial charge in [-0.3, -0.25) is 14.6 Å². The number of piperazine rings is 1. The third kappa shape index (κ3) is 7.20. The van der Waals surface area contributed by atoms with Crippen LogP contribution in [-0.4, -0.2) is 72.9 Å². The number of nitrogens with zero attached hydrogens (tertiary/aromatic N) is 3. The van der Waals surface area contributed by atoms with Crippen LogP contribution < -0.4 is 10.6 Å². The second kappa shape index (κ2) is 11.2. The van der Waals surface area contributed by atoms with Crippen molar-refractivity contribution in [2.75, 3.05) is 39.3 Å². The maximum Gasteiger partial charge on any atom is 0.227 e. The number of halogens is 1. The topological polar surface area (TPSA) is 77.0 Å². The van der Waals surface area contributed by atoms with Crippen LogP contribution in [0.15, 0.2) is 29.3 Å². The number of guanidine groups is 1. The highest BCUT2D eigenvalue weighted by molar-refractivity contribution is 6.30. The zero-order valence-corrected chi connectivity index (χ0v) is 18.5. The number of hydrogen-bond donors (Lipinski definition) is 2. The molecule has 7 nitrogen and oxygen atoms in total. The summed E-state index contributed by atoms with van der Waals surface area (Å²) >= 11 is 6.02. The molecule has 1 saturated heterocycles. The van der Waals surface area contributed by atoms with Crippen molar-refractivity contribution in [3.63, 3.8) is 0 Å². The van der Waals surface area contributed by atoms with E-state index in [1.807, 2.05) is 36.1 Å². The van der Waals surface area contributed by atoms with Gasteiger partial charge in [0.2, 0.25) is 11.8 Å². The molecule has 1 aliphatic carbocycles. The van der Waals surface area contributed by atoms with Gasteiger partial charge in [0.25, 0.3) is 0 Å². The zero-order valence-electron chi connectivity index (χ0n) is 17.7. The summed E-state index contributed by atoms with van der Waals surface area (Å²) in [4.78, 5) is 33.2. The minimum absolute atomic E-state index is 0.125. The van der Waals surface area contributed by atoms with Crippen molar-refractivity contribution in [3.05, 3.63) is 34.9 Å². The first-order chi connectivity index (χ1) is 14.5. The fourth-order valence-corrected chi connectivity index (χ4v) is 3.69. The molecule has 0 radical (unpaired) electrons. The van der Waals surface area contributed by atoms with Crippen molar-refractivity contribution in [1.29, 1.82) is 0 Å². The molecule has 1 aromatic rings. The molecule has 1 aromatic carbocycles. The molecule has 2 aliphatic rings. The summed E-state index contributed by atoms with van der Waals surface area (Å²) in [6, 6.07) is 7.88. The fourth-order valence-electron chi connectivity index (χ4n) is 3.48. The Hall–Kier alpha value is -2.28. The lowest BCUT2D eigenvalue weighted by atomic mass is 10.1. The van der Waals surface area contributed by atoms with E-state index in [-0.39, 0.29) is 11.8 Å². The van der Waals surface area contributed by atoms with Gasteiger partial charge in [-0.25, -0.2) is 0 Å². The van der Waals surface area contributed by atoms with Gasteiger partial charge in [0, 0.05) is 56.8 Å². The first-order valence-corrected chi connectivity index (χ1v) is 11.3. The minimum Gasteiger partial charge on any atom is -0.357 e. The number of carbonyl (C=O) groups is 2. The van der Waals surface area contributed by atoms with E-state index in [2.05, 4.69) is 20.5 Å². The SMILES string of the molecule is CCNC(=NCCCC(=O)NC1CC1)N1CCN(C(=O)Cc2cccc(Cl)c2)CC1. The monoisotopic (exact) mass is 433 g/mol. The van der Waals surface area contributed by atoms with Gasteiger partial charge in [-0.1, -0.05) is 23.7 Å². The summed E-state index contributed by atoms with van der Waals surface area (Å²) in [5.41, 5.74) is 0.940. The van der Waals surface area contributed by atoms with Crippen molar-refractivity contribution < 1.29 is 9.59 Å². The number of carbonyl (C=O) groups excluding carboxylic acids is 2. The van der Waals surface area contributed by atoms with E-state index < -0.39 is 0 Å². The third-order valence-corrected chi connectivity index (χ3v) is 5.51. The van der Waals surface area contributed by atoms with Crippen molar-refractivity contribution in [2.24, 2.45) is 4.99 Å². The molecule has 0 spiro atoms. The van der Waals surface area contributed by atoms with Gasteiger partial charge in [-0.05, 0) is 43.9 Å². The molecule has 2 fully saturated rings. The van der Waals surface area contributed by atoms with Crippen LogP contribution in [0.5, 0.6) is 0 Å². The second-order valence-electron chi connectivity index (χ2n) is 7.86. The maximum absolute atomic E-state index is 12.6. The van der Waals surface area contributed by atoms with Gasteiger partial charge in [0.15, 0.2) is 5.96 Å². The number of hydrogen-bond acceptors (Lipinski definition) is 3. The highest BCUT2D eigenvalue weighted by Gasteiger charge is 2.24. The van der Waals surface area contributed by atoms with E-state index in [0.29, 0.717) is 43.5 Å². The van der Waals surface area contributed by atoms with Crippen LogP contribution in [-0.2, 0) is 16.0 Å². The van der Waals surface area contributed by atoms with Gasteiger partial charge in [0.1, 0.15) is 0 Å². The Labute approximate surface area is 183 Å². The molecule has 0 atom stereocenters. The first-order valence-electron chi connectivity index (χ1n) is 10.9. The Balaban J connectivity index is 1.43. The van der Waals surface area contributed by atoms with Crippen LogP contribution >= 0.6 is 11.6 Å². The normalized spacial score (nSPS) is 17.1. The molecule has 0 bridgehead atoms. The van der Waals surface area contributed by atoms with Crippen molar-refractivity contribution in [1.82, 2.24) is 20.4 Å². The highest BCUT2D eigenvalue weighted by atomic mass is 35.5. The van der Waals surface area contributed by atoms with Crippen LogP contribution in [0.25, 0.3) is 0 Å². The summed E-state index contributed by atoms with van der Waals surface area (Å²) in [6.45, 7) is 6.29. The van der Waals surface area contributed by atoms with Crippen molar-refractivity contribution in [3.8, 4) is 0 Å². The number of rotatable bonds is 8. The smallest absolute Gasteiger partial charge is 0.227 e. The predicted octanol–water partition coefficient (Wildman–Crippen LogP) is 2.05. The Morgan fingerprint density at radius 3 is 2.57 bits per heavy atom. The van der Waals surface area contributed by atoms with Crippen molar-refractivity contribution >= 4 is 29.4 Å². The van der Waals surface area contributed by atoms with E-state index in [1.54, 1.807) is 0 Å². The maximum atomic E-state index is 12.6. The minimum atomic E-state index is 0.125. The largest absolute Gasteiger partial charge is 0.357 e. The predicted molar refractivity (Wildman–Crippen MR) is 120 cm³/mol. The van der Waals surface area contributed by atoms with Crippen molar-refractivity contribution in [2.45, 2.75) is 45.1 Å². The third-order valence-electron chi connectivity index (χ3n) is 5.28. The summed E-state index contributed by atoms with van der Waals surface area (Å²) < 4.78 is 0. The van der Waals surface area contributed by atoms with Gasteiger partial charge in [-0.15, -0.1) is 0 Å². The second-order valence-corrected chi connectivity index (χ2v) is 8.29.